The molecule has 10 heteroatoms. The van der Waals surface area contributed by atoms with Crippen LogP contribution in [0.4, 0.5) is 10.1 Å². The predicted molar refractivity (Wildman–Crippen MR) is 149 cm³/mol. The van der Waals surface area contributed by atoms with E-state index in [0.717, 1.165) is 45.0 Å². The van der Waals surface area contributed by atoms with Crippen molar-refractivity contribution in [1.82, 2.24) is 15.6 Å². The maximum Gasteiger partial charge on any atom is 0.273 e. The lowest BCUT2D eigenvalue weighted by atomic mass is 10.1. The molecule has 1 fully saturated rings. The lowest BCUT2D eigenvalue weighted by Crippen LogP contribution is -2.40. The molecule has 1 aliphatic rings. The summed E-state index contributed by atoms with van der Waals surface area (Å²) >= 11 is 3.36. The minimum atomic E-state index is -0.521. The standard InChI is InChI=1S/C28H29BrFN5O3/c29-23-8-9-26(25(17-23)28(37)34-32-19-21-2-1-3-24(30)16-21)33-27(36)22-6-4-20(5-7-22)18-31-10-11-35-12-14-38-15-13-35/h1-9,16-17,19,31H,10-15,18H2,(H,33,36)(H,34,37). The smallest absolute Gasteiger partial charge is 0.273 e. The van der Waals surface area contributed by atoms with Gasteiger partial charge < -0.3 is 15.4 Å². The van der Waals surface area contributed by atoms with Crippen LogP contribution < -0.4 is 16.1 Å². The van der Waals surface area contributed by atoms with E-state index in [-0.39, 0.29) is 11.5 Å². The molecule has 4 rings (SSSR count). The summed E-state index contributed by atoms with van der Waals surface area (Å²) in [5.41, 5.74) is 5.03. The molecule has 0 saturated carbocycles. The van der Waals surface area contributed by atoms with E-state index >= 15 is 0 Å². The highest BCUT2D eigenvalue weighted by Crippen LogP contribution is 2.22. The Morgan fingerprint density at radius 3 is 2.58 bits per heavy atom. The molecule has 1 saturated heterocycles. The normalized spacial score (nSPS) is 13.9. The van der Waals surface area contributed by atoms with E-state index in [1.165, 1.54) is 18.3 Å². The van der Waals surface area contributed by atoms with Gasteiger partial charge in [0.05, 0.1) is 30.7 Å². The van der Waals surface area contributed by atoms with E-state index in [1.54, 1.807) is 42.5 Å². The first-order chi connectivity index (χ1) is 18.5. The molecular weight excluding hydrogens is 553 g/mol. The largest absolute Gasteiger partial charge is 0.379 e. The molecule has 1 heterocycles. The Kier molecular flexibility index (Phi) is 10.1. The number of hydrogen-bond donors (Lipinski definition) is 3. The Hall–Kier alpha value is -3.44. The average molecular weight is 582 g/mol. The third-order valence-corrected chi connectivity index (χ3v) is 6.45. The van der Waals surface area contributed by atoms with Crippen molar-refractivity contribution in [2.75, 3.05) is 44.7 Å². The maximum absolute atomic E-state index is 13.3. The lowest BCUT2D eigenvalue weighted by molar-refractivity contribution is 0.0384. The lowest BCUT2D eigenvalue weighted by Gasteiger charge is -2.26. The summed E-state index contributed by atoms with van der Waals surface area (Å²) in [5.74, 6) is -1.26. The molecule has 0 spiro atoms. The second kappa shape index (κ2) is 13.9. The number of benzene rings is 3. The first-order valence-electron chi connectivity index (χ1n) is 12.3. The van der Waals surface area contributed by atoms with Crippen molar-refractivity contribution in [3.8, 4) is 0 Å². The SMILES string of the molecule is O=C(Nc1ccc(Br)cc1C(=O)NN=Cc1cccc(F)c1)c1ccc(CNCCN2CCOCC2)cc1. The second-order valence-electron chi connectivity index (χ2n) is 8.73. The molecule has 8 nitrogen and oxygen atoms in total. The van der Waals surface area contributed by atoms with Gasteiger partial charge in [-0.05, 0) is 53.6 Å². The van der Waals surface area contributed by atoms with Crippen LogP contribution in [-0.2, 0) is 11.3 Å². The van der Waals surface area contributed by atoms with E-state index in [9.17, 15) is 14.0 Å². The fraction of sp³-hybridized carbons (Fsp3) is 0.250. The highest BCUT2D eigenvalue weighted by molar-refractivity contribution is 9.10. The minimum absolute atomic E-state index is 0.227. The molecule has 198 valence electrons. The average Bonchev–Trinajstić information content (AvgIpc) is 2.93. The van der Waals surface area contributed by atoms with Crippen molar-refractivity contribution in [3.63, 3.8) is 0 Å². The Morgan fingerprint density at radius 1 is 1.03 bits per heavy atom. The van der Waals surface area contributed by atoms with Gasteiger partial charge >= 0.3 is 0 Å². The molecular formula is C28H29BrFN5O3. The zero-order valence-corrected chi connectivity index (χ0v) is 22.3. The van der Waals surface area contributed by atoms with E-state index in [4.69, 9.17) is 4.74 Å². The van der Waals surface area contributed by atoms with Crippen molar-refractivity contribution in [2.24, 2.45) is 5.10 Å². The Balaban J connectivity index is 1.31. The van der Waals surface area contributed by atoms with Crippen molar-refractivity contribution >= 4 is 39.6 Å². The summed E-state index contributed by atoms with van der Waals surface area (Å²) in [7, 11) is 0. The number of carbonyl (C=O) groups excluding carboxylic acids is 2. The van der Waals surface area contributed by atoms with Gasteiger partial charge in [-0.25, -0.2) is 9.82 Å². The van der Waals surface area contributed by atoms with Gasteiger partial charge in [0.15, 0.2) is 0 Å². The topological polar surface area (TPSA) is 95.1 Å². The molecule has 0 aliphatic carbocycles. The Bertz CT molecular complexity index is 1280. The van der Waals surface area contributed by atoms with Gasteiger partial charge in [0, 0.05) is 42.8 Å². The summed E-state index contributed by atoms with van der Waals surface area (Å²) in [6.07, 6.45) is 1.34. The number of hydrogen-bond acceptors (Lipinski definition) is 6. The van der Waals surface area contributed by atoms with E-state index in [2.05, 4.69) is 42.0 Å². The zero-order valence-electron chi connectivity index (χ0n) is 20.8. The number of rotatable bonds is 10. The number of hydrazone groups is 1. The van der Waals surface area contributed by atoms with Crippen molar-refractivity contribution in [3.05, 3.63) is 99.3 Å². The number of morpholine rings is 1. The van der Waals surface area contributed by atoms with Gasteiger partial charge in [0.1, 0.15) is 5.82 Å². The van der Waals surface area contributed by atoms with Crippen LogP contribution in [0.5, 0.6) is 0 Å². The Morgan fingerprint density at radius 2 is 1.82 bits per heavy atom. The van der Waals surface area contributed by atoms with Gasteiger partial charge in [0.25, 0.3) is 11.8 Å². The maximum atomic E-state index is 13.3. The number of ether oxygens (including phenoxy) is 1. The van der Waals surface area contributed by atoms with Crippen LogP contribution in [0.25, 0.3) is 0 Å². The van der Waals surface area contributed by atoms with Crippen molar-refractivity contribution in [1.29, 1.82) is 0 Å². The third-order valence-electron chi connectivity index (χ3n) is 5.96. The quantitative estimate of drug-likeness (QED) is 0.191. The van der Waals surface area contributed by atoms with Gasteiger partial charge in [-0.1, -0.05) is 40.2 Å². The van der Waals surface area contributed by atoms with Crippen LogP contribution in [0.1, 0.15) is 31.8 Å². The number of halogens is 2. The number of anilines is 1. The fourth-order valence-corrected chi connectivity index (χ4v) is 4.25. The van der Waals surface area contributed by atoms with E-state index < -0.39 is 11.7 Å². The number of carbonyl (C=O) groups is 2. The molecule has 2 amide bonds. The molecule has 3 aromatic carbocycles. The first kappa shape index (κ1) is 27.6. The van der Waals surface area contributed by atoms with Crippen molar-refractivity contribution < 1.29 is 18.7 Å². The van der Waals surface area contributed by atoms with Gasteiger partial charge in [0.2, 0.25) is 0 Å². The molecule has 0 unspecified atom stereocenters. The summed E-state index contributed by atoms with van der Waals surface area (Å²) in [4.78, 5) is 28.0. The third kappa shape index (κ3) is 8.29. The molecule has 1 aliphatic heterocycles. The number of amides is 2. The van der Waals surface area contributed by atoms with E-state index in [1.807, 2.05) is 12.1 Å². The molecule has 0 bridgehead atoms. The molecule has 0 aromatic heterocycles. The van der Waals surface area contributed by atoms with Crippen molar-refractivity contribution in [2.45, 2.75) is 6.54 Å². The molecule has 38 heavy (non-hydrogen) atoms. The summed E-state index contributed by atoms with van der Waals surface area (Å²) < 4.78 is 19.4. The Labute approximate surface area is 229 Å². The summed E-state index contributed by atoms with van der Waals surface area (Å²) in [6.45, 7) is 6.08. The molecule has 3 aromatic rings. The first-order valence-corrected chi connectivity index (χ1v) is 13.1. The predicted octanol–water partition coefficient (Wildman–Crippen LogP) is 4.03. The number of nitrogens with one attached hydrogen (secondary N) is 3. The monoisotopic (exact) mass is 581 g/mol. The molecule has 0 radical (unpaired) electrons. The summed E-state index contributed by atoms with van der Waals surface area (Å²) in [6, 6.07) is 18.1. The number of nitrogens with zero attached hydrogens (tertiary/aromatic N) is 2. The van der Waals surface area contributed by atoms with Crippen LogP contribution in [0, 0.1) is 5.82 Å². The van der Waals surface area contributed by atoms with Crippen LogP contribution in [0.3, 0.4) is 0 Å². The van der Waals surface area contributed by atoms with Crippen LogP contribution in [0.2, 0.25) is 0 Å². The fourth-order valence-electron chi connectivity index (χ4n) is 3.89. The highest BCUT2D eigenvalue weighted by Gasteiger charge is 2.15. The second-order valence-corrected chi connectivity index (χ2v) is 9.64. The van der Waals surface area contributed by atoms with Gasteiger partial charge in [-0.3, -0.25) is 14.5 Å². The van der Waals surface area contributed by atoms with Crippen LogP contribution >= 0.6 is 15.9 Å². The van der Waals surface area contributed by atoms with Crippen LogP contribution in [-0.4, -0.2) is 62.3 Å². The molecule has 0 atom stereocenters. The van der Waals surface area contributed by atoms with Crippen LogP contribution in [0.15, 0.2) is 76.3 Å². The van der Waals surface area contributed by atoms with Gasteiger partial charge in [-0.15, -0.1) is 0 Å². The van der Waals surface area contributed by atoms with Gasteiger partial charge in [-0.2, -0.15) is 5.10 Å². The summed E-state index contributed by atoms with van der Waals surface area (Å²) in [5, 5.41) is 10.1. The zero-order chi connectivity index (χ0) is 26.7. The van der Waals surface area contributed by atoms with E-state index in [0.29, 0.717) is 27.8 Å². The minimum Gasteiger partial charge on any atom is -0.379 e. The molecule has 3 N–H and O–H groups in total. The highest BCUT2D eigenvalue weighted by atomic mass is 79.9.